The van der Waals surface area contributed by atoms with Crippen molar-refractivity contribution in [1.29, 1.82) is 0 Å². The van der Waals surface area contributed by atoms with Crippen LogP contribution >= 0.6 is 0 Å². The van der Waals surface area contributed by atoms with Gasteiger partial charge in [0.2, 0.25) is 0 Å². The van der Waals surface area contributed by atoms with E-state index in [9.17, 15) is 9.59 Å². The zero-order valence-electron chi connectivity index (χ0n) is 12.4. The van der Waals surface area contributed by atoms with Gasteiger partial charge in [0.1, 0.15) is 0 Å². The van der Waals surface area contributed by atoms with Crippen molar-refractivity contribution < 1.29 is 14.3 Å². The van der Waals surface area contributed by atoms with Gasteiger partial charge in [-0.05, 0) is 25.5 Å². The fourth-order valence-electron chi connectivity index (χ4n) is 1.92. The standard InChI is InChI=1S/C14H17N5O3/c1-3-11-10(13(20)17-18-14(21)22-4-2)9-16-19(11)12-7-5-6-8-15-12/h5-9H,3-4H2,1-2H3,(H,17,20)(H,18,21). The first-order chi connectivity index (χ1) is 10.7. The number of pyridine rings is 1. The van der Waals surface area contributed by atoms with Gasteiger partial charge in [0.15, 0.2) is 5.82 Å². The second-order valence-corrected chi connectivity index (χ2v) is 4.26. The van der Waals surface area contributed by atoms with Crippen LogP contribution in [-0.4, -0.2) is 33.4 Å². The summed E-state index contributed by atoms with van der Waals surface area (Å²) in [6, 6.07) is 5.44. The lowest BCUT2D eigenvalue weighted by atomic mass is 10.2. The van der Waals surface area contributed by atoms with Gasteiger partial charge in [-0.1, -0.05) is 13.0 Å². The highest BCUT2D eigenvalue weighted by Gasteiger charge is 2.18. The number of carbonyl (C=O) groups excluding carboxylic acids is 2. The van der Waals surface area contributed by atoms with Crippen molar-refractivity contribution in [3.63, 3.8) is 0 Å². The summed E-state index contributed by atoms with van der Waals surface area (Å²) in [6.45, 7) is 3.80. The van der Waals surface area contributed by atoms with Gasteiger partial charge < -0.3 is 4.74 Å². The average molecular weight is 303 g/mol. The summed E-state index contributed by atoms with van der Waals surface area (Å²) >= 11 is 0. The fourth-order valence-corrected chi connectivity index (χ4v) is 1.92. The van der Waals surface area contributed by atoms with Crippen LogP contribution in [0.5, 0.6) is 0 Å². The maximum atomic E-state index is 12.1. The molecule has 2 aromatic rings. The van der Waals surface area contributed by atoms with Crippen molar-refractivity contribution in [3.05, 3.63) is 41.9 Å². The van der Waals surface area contributed by atoms with E-state index in [0.717, 1.165) is 0 Å². The summed E-state index contributed by atoms with van der Waals surface area (Å²) in [7, 11) is 0. The molecule has 0 unspecified atom stereocenters. The van der Waals surface area contributed by atoms with Crippen molar-refractivity contribution in [3.8, 4) is 5.82 Å². The molecule has 0 aromatic carbocycles. The topological polar surface area (TPSA) is 98.1 Å². The van der Waals surface area contributed by atoms with Crippen molar-refractivity contribution in [2.45, 2.75) is 20.3 Å². The molecule has 0 atom stereocenters. The third-order valence-corrected chi connectivity index (χ3v) is 2.87. The minimum atomic E-state index is -0.717. The molecule has 116 valence electrons. The van der Waals surface area contributed by atoms with E-state index in [-0.39, 0.29) is 6.61 Å². The second-order valence-electron chi connectivity index (χ2n) is 4.26. The highest BCUT2D eigenvalue weighted by Crippen LogP contribution is 2.13. The molecule has 0 saturated heterocycles. The van der Waals surface area contributed by atoms with Crippen LogP contribution in [0.3, 0.4) is 0 Å². The Balaban J connectivity index is 2.17. The number of hydrogen-bond acceptors (Lipinski definition) is 5. The SMILES string of the molecule is CCOC(=O)NNC(=O)c1cnn(-c2ccccn2)c1CC. The Labute approximate surface area is 127 Å². The maximum Gasteiger partial charge on any atom is 0.426 e. The van der Waals surface area contributed by atoms with E-state index in [0.29, 0.717) is 23.5 Å². The van der Waals surface area contributed by atoms with Crippen LogP contribution in [0.15, 0.2) is 30.6 Å². The van der Waals surface area contributed by atoms with Crippen molar-refractivity contribution in [1.82, 2.24) is 25.6 Å². The minimum absolute atomic E-state index is 0.222. The number of aromatic nitrogens is 3. The molecular weight excluding hydrogens is 286 g/mol. The van der Waals surface area contributed by atoms with Gasteiger partial charge in [0.05, 0.1) is 24.1 Å². The average Bonchev–Trinajstić information content (AvgIpc) is 2.97. The molecule has 0 aliphatic rings. The lowest BCUT2D eigenvalue weighted by molar-refractivity contribution is 0.0911. The van der Waals surface area contributed by atoms with Crippen molar-refractivity contribution in [2.24, 2.45) is 0 Å². The normalized spacial score (nSPS) is 10.1. The van der Waals surface area contributed by atoms with Crippen molar-refractivity contribution >= 4 is 12.0 Å². The molecule has 2 rings (SSSR count). The first-order valence-electron chi connectivity index (χ1n) is 6.88. The molecule has 0 bridgehead atoms. The van der Waals surface area contributed by atoms with Gasteiger partial charge in [-0.3, -0.25) is 10.2 Å². The van der Waals surface area contributed by atoms with E-state index in [1.807, 2.05) is 13.0 Å². The number of hydrogen-bond donors (Lipinski definition) is 2. The Hall–Kier alpha value is -2.90. The molecule has 8 nitrogen and oxygen atoms in total. The monoisotopic (exact) mass is 303 g/mol. The summed E-state index contributed by atoms with van der Waals surface area (Å²) in [4.78, 5) is 27.5. The lowest BCUT2D eigenvalue weighted by Crippen LogP contribution is -2.42. The van der Waals surface area contributed by atoms with Gasteiger partial charge in [-0.25, -0.2) is 19.9 Å². The smallest absolute Gasteiger partial charge is 0.426 e. The number of amides is 2. The van der Waals surface area contributed by atoms with E-state index in [2.05, 4.69) is 25.7 Å². The van der Waals surface area contributed by atoms with Crippen LogP contribution in [-0.2, 0) is 11.2 Å². The predicted octanol–water partition coefficient (Wildman–Crippen LogP) is 1.22. The van der Waals surface area contributed by atoms with E-state index < -0.39 is 12.0 Å². The Bertz CT molecular complexity index is 654. The number of hydrazine groups is 1. The Morgan fingerprint density at radius 3 is 2.73 bits per heavy atom. The van der Waals surface area contributed by atoms with Crippen LogP contribution in [0.4, 0.5) is 4.79 Å². The molecule has 0 aliphatic heterocycles. The molecule has 2 aromatic heterocycles. The molecule has 2 amide bonds. The van der Waals surface area contributed by atoms with Gasteiger partial charge in [-0.2, -0.15) is 5.10 Å². The summed E-state index contributed by atoms with van der Waals surface area (Å²) in [5.41, 5.74) is 5.52. The zero-order chi connectivity index (χ0) is 15.9. The zero-order valence-corrected chi connectivity index (χ0v) is 12.4. The van der Waals surface area contributed by atoms with Crippen LogP contribution in [0.1, 0.15) is 29.9 Å². The summed E-state index contributed by atoms with van der Waals surface area (Å²) in [6.07, 6.45) is 2.96. The second kappa shape index (κ2) is 7.21. The van der Waals surface area contributed by atoms with E-state index in [1.54, 1.807) is 29.9 Å². The highest BCUT2D eigenvalue weighted by molar-refractivity contribution is 5.95. The van der Waals surface area contributed by atoms with Gasteiger partial charge in [0, 0.05) is 6.20 Å². The number of rotatable bonds is 4. The summed E-state index contributed by atoms with van der Waals surface area (Å²) < 4.78 is 6.26. The van der Waals surface area contributed by atoms with E-state index >= 15 is 0 Å². The molecule has 2 N–H and O–H groups in total. The van der Waals surface area contributed by atoms with Crippen LogP contribution in [0, 0.1) is 0 Å². The largest absolute Gasteiger partial charge is 0.449 e. The molecule has 2 heterocycles. The van der Waals surface area contributed by atoms with E-state index in [1.165, 1.54) is 6.20 Å². The van der Waals surface area contributed by atoms with Crippen molar-refractivity contribution in [2.75, 3.05) is 6.61 Å². The molecule has 0 fully saturated rings. The fraction of sp³-hybridized carbons (Fsp3) is 0.286. The molecular formula is C14H17N5O3. The number of ether oxygens (including phenoxy) is 1. The lowest BCUT2D eigenvalue weighted by Gasteiger charge is -2.08. The number of carbonyl (C=O) groups is 2. The predicted molar refractivity (Wildman–Crippen MR) is 78.4 cm³/mol. The minimum Gasteiger partial charge on any atom is -0.449 e. The van der Waals surface area contributed by atoms with Crippen LogP contribution in [0.25, 0.3) is 5.82 Å². The molecule has 0 saturated carbocycles. The van der Waals surface area contributed by atoms with Crippen LogP contribution in [0.2, 0.25) is 0 Å². The number of nitrogens with one attached hydrogen (secondary N) is 2. The van der Waals surface area contributed by atoms with Gasteiger partial charge in [0.25, 0.3) is 5.91 Å². The molecule has 0 aliphatic carbocycles. The third kappa shape index (κ3) is 3.40. The third-order valence-electron chi connectivity index (χ3n) is 2.87. The number of nitrogens with zero attached hydrogens (tertiary/aromatic N) is 3. The maximum absolute atomic E-state index is 12.1. The molecule has 0 radical (unpaired) electrons. The molecule has 0 spiro atoms. The Kier molecular flexibility index (Phi) is 5.07. The highest BCUT2D eigenvalue weighted by atomic mass is 16.5. The first-order valence-corrected chi connectivity index (χ1v) is 6.88. The molecule has 22 heavy (non-hydrogen) atoms. The summed E-state index contributed by atoms with van der Waals surface area (Å²) in [5.74, 6) is 0.156. The summed E-state index contributed by atoms with van der Waals surface area (Å²) in [5, 5.41) is 4.19. The molecule has 8 heteroatoms. The van der Waals surface area contributed by atoms with Gasteiger partial charge in [-0.15, -0.1) is 0 Å². The van der Waals surface area contributed by atoms with E-state index in [4.69, 9.17) is 0 Å². The quantitative estimate of drug-likeness (QED) is 0.828. The Morgan fingerprint density at radius 2 is 2.09 bits per heavy atom. The Morgan fingerprint density at radius 1 is 1.27 bits per heavy atom. The van der Waals surface area contributed by atoms with Crippen LogP contribution < -0.4 is 10.9 Å². The first kappa shape index (κ1) is 15.5. The van der Waals surface area contributed by atoms with Gasteiger partial charge >= 0.3 is 6.09 Å².